The van der Waals surface area contributed by atoms with Gasteiger partial charge in [0.1, 0.15) is 0 Å². The second kappa shape index (κ2) is 3.13. The average molecular weight is 165 g/mol. The molecule has 1 amide bonds. The molecule has 1 heterocycles. The van der Waals surface area contributed by atoms with Crippen molar-refractivity contribution in [2.45, 2.75) is 33.2 Å². The minimum atomic E-state index is 0.153. The summed E-state index contributed by atoms with van der Waals surface area (Å²) in [6, 6.07) is 0.251. The molecular formula is C10H15NO. The molecule has 0 bridgehead atoms. The number of nitrogens with zero attached hydrogens (tertiary/aromatic N) is 1. The van der Waals surface area contributed by atoms with Gasteiger partial charge in [-0.25, -0.2) is 0 Å². The molecule has 66 valence electrons. The predicted molar refractivity (Wildman–Crippen MR) is 49.5 cm³/mol. The Morgan fingerprint density at radius 3 is 2.67 bits per heavy atom. The van der Waals surface area contributed by atoms with Crippen molar-refractivity contribution >= 4 is 5.91 Å². The van der Waals surface area contributed by atoms with Crippen LogP contribution in [0.3, 0.4) is 0 Å². The van der Waals surface area contributed by atoms with Gasteiger partial charge in [0, 0.05) is 12.2 Å². The Hall–Kier alpha value is -1.05. The lowest BCUT2D eigenvalue weighted by molar-refractivity contribution is -0.129. The van der Waals surface area contributed by atoms with E-state index in [2.05, 4.69) is 6.58 Å². The van der Waals surface area contributed by atoms with Gasteiger partial charge < -0.3 is 4.90 Å². The van der Waals surface area contributed by atoms with Crippen LogP contribution in [0, 0.1) is 0 Å². The molecule has 0 spiro atoms. The fourth-order valence-corrected chi connectivity index (χ4v) is 1.22. The van der Waals surface area contributed by atoms with Gasteiger partial charge in [-0.3, -0.25) is 4.79 Å². The van der Waals surface area contributed by atoms with Crippen molar-refractivity contribution in [1.29, 1.82) is 0 Å². The molecule has 0 aliphatic carbocycles. The molecule has 0 unspecified atom stereocenters. The average Bonchev–Trinajstić information content (AvgIpc) is 1.96. The Morgan fingerprint density at radius 1 is 1.58 bits per heavy atom. The first-order valence-electron chi connectivity index (χ1n) is 4.20. The van der Waals surface area contributed by atoms with Gasteiger partial charge in [0.2, 0.25) is 5.91 Å². The molecule has 0 aromatic carbocycles. The topological polar surface area (TPSA) is 20.3 Å². The van der Waals surface area contributed by atoms with E-state index in [1.54, 1.807) is 4.90 Å². The lowest BCUT2D eigenvalue weighted by atomic mass is 10.0. The van der Waals surface area contributed by atoms with Crippen molar-refractivity contribution in [3.63, 3.8) is 0 Å². The van der Waals surface area contributed by atoms with Crippen molar-refractivity contribution in [2.75, 3.05) is 0 Å². The monoisotopic (exact) mass is 165 g/mol. The van der Waals surface area contributed by atoms with Crippen LogP contribution >= 0.6 is 0 Å². The minimum Gasteiger partial charge on any atom is -0.316 e. The summed E-state index contributed by atoms with van der Waals surface area (Å²) in [6.45, 7) is 9.83. The van der Waals surface area contributed by atoms with Crippen LogP contribution in [0.15, 0.2) is 23.9 Å². The van der Waals surface area contributed by atoms with Gasteiger partial charge in [-0.15, -0.1) is 0 Å². The normalized spacial score (nSPS) is 18.7. The van der Waals surface area contributed by atoms with E-state index in [-0.39, 0.29) is 11.9 Å². The summed E-state index contributed by atoms with van der Waals surface area (Å²) in [5.41, 5.74) is 2.06. The van der Waals surface area contributed by atoms with Gasteiger partial charge in [0.05, 0.1) is 6.42 Å². The van der Waals surface area contributed by atoms with E-state index in [9.17, 15) is 4.79 Å². The Kier molecular flexibility index (Phi) is 2.36. The molecule has 0 fully saturated rings. The third kappa shape index (κ3) is 1.58. The van der Waals surface area contributed by atoms with Crippen molar-refractivity contribution in [3.8, 4) is 0 Å². The lowest BCUT2D eigenvalue weighted by Crippen LogP contribution is -2.35. The van der Waals surface area contributed by atoms with Crippen molar-refractivity contribution < 1.29 is 4.79 Å². The summed E-state index contributed by atoms with van der Waals surface area (Å²) in [5, 5.41) is 0. The number of carbonyl (C=O) groups is 1. The Labute approximate surface area is 73.6 Å². The predicted octanol–water partition coefficient (Wildman–Crippen LogP) is 2.09. The van der Waals surface area contributed by atoms with E-state index >= 15 is 0 Å². The van der Waals surface area contributed by atoms with Crippen LogP contribution in [-0.4, -0.2) is 16.8 Å². The third-order valence-electron chi connectivity index (χ3n) is 2.10. The fourth-order valence-electron chi connectivity index (χ4n) is 1.22. The maximum absolute atomic E-state index is 11.4. The zero-order chi connectivity index (χ0) is 9.30. The lowest BCUT2D eigenvalue weighted by Gasteiger charge is -2.28. The number of allylic oxidation sites excluding steroid dienone is 1. The second-order valence-corrected chi connectivity index (χ2v) is 3.49. The molecule has 1 rings (SSSR count). The number of hydrogen-bond acceptors (Lipinski definition) is 1. The maximum Gasteiger partial charge on any atom is 0.231 e. The number of hydrogen-bond donors (Lipinski definition) is 0. The fraction of sp³-hybridized carbons (Fsp3) is 0.500. The summed E-state index contributed by atoms with van der Waals surface area (Å²) in [7, 11) is 0. The summed E-state index contributed by atoms with van der Waals surface area (Å²) in [6.07, 6.45) is 2.36. The van der Waals surface area contributed by atoms with Crippen LogP contribution in [-0.2, 0) is 4.79 Å². The van der Waals surface area contributed by atoms with E-state index in [1.807, 2.05) is 27.0 Å². The summed E-state index contributed by atoms with van der Waals surface area (Å²) >= 11 is 0. The smallest absolute Gasteiger partial charge is 0.231 e. The summed E-state index contributed by atoms with van der Waals surface area (Å²) in [5.74, 6) is 0.153. The SMILES string of the molecule is C=C1CC(=O)N(C(C)C)C=C1C. The van der Waals surface area contributed by atoms with Gasteiger partial charge in [0.25, 0.3) is 0 Å². The van der Waals surface area contributed by atoms with Crippen molar-refractivity contribution in [3.05, 3.63) is 23.9 Å². The van der Waals surface area contributed by atoms with Crippen LogP contribution in [0.25, 0.3) is 0 Å². The maximum atomic E-state index is 11.4. The largest absolute Gasteiger partial charge is 0.316 e. The van der Waals surface area contributed by atoms with E-state index in [0.29, 0.717) is 6.42 Å². The Bertz CT molecular complexity index is 251. The molecule has 0 N–H and O–H groups in total. The molecule has 0 radical (unpaired) electrons. The standard InChI is InChI=1S/C10H15NO/c1-7(2)11-6-9(4)8(3)5-10(11)12/h6-7H,3,5H2,1-2,4H3. The van der Waals surface area contributed by atoms with E-state index < -0.39 is 0 Å². The highest BCUT2D eigenvalue weighted by molar-refractivity contribution is 5.82. The van der Waals surface area contributed by atoms with Gasteiger partial charge >= 0.3 is 0 Å². The van der Waals surface area contributed by atoms with Crippen LogP contribution in [0.1, 0.15) is 27.2 Å². The number of amides is 1. The van der Waals surface area contributed by atoms with Crippen LogP contribution in [0.2, 0.25) is 0 Å². The summed E-state index contributed by atoms with van der Waals surface area (Å²) < 4.78 is 0. The zero-order valence-electron chi connectivity index (χ0n) is 7.92. The highest BCUT2D eigenvalue weighted by Gasteiger charge is 2.20. The zero-order valence-corrected chi connectivity index (χ0v) is 7.92. The van der Waals surface area contributed by atoms with E-state index in [0.717, 1.165) is 11.1 Å². The van der Waals surface area contributed by atoms with Crippen LogP contribution in [0.5, 0.6) is 0 Å². The van der Waals surface area contributed by atoms with Crippen LogP contribution in [0.4, 0.5) is 0 Å². The molecule has 0 saturated carbocycles. The molecule has 2 heteroatoms. The van der Waals surface area contributed by atoms with Gasteiger partial charge in [-0.1, -0.05) is 6.58 Å². The highest BCUT2D eigenvalue weighted by atomic mass is 16.2. The number of rotatable bonds is 1. The molecule has 2 nitrogen and oxygen atoms in total. The molecule has 12 heavy (non-hydrogen) atoms. The molecule has 0 aromatic heterocycles. The van der Waals surface area contributed by atoms with Crippen molar-refractivity contribution in [1.82, 2.24) is 4.90 Å². The Morgan fingerprint density at radius 2 is 2.17 bits per heavy atom. The van der Waals surface area contributed by atoms with Gasteiger partial charge in [-0.2, -0.15) is 0 Å². The molecule has 1 aliphatic heterocycles. The second-order valence-electron chi connectivity index (χ2n) is 3.49. The molecular weight excluding hydrogens is 150 g/mol. The number of carbonyl (C=O) groups excluding carboxylic acids is 1. The molecule has 0 saturated heterocycles. The first-order chi connectivity index (χ1) is 5.52. The molecule has 0 atom stereocenters. The van der Waals surface area contributed by atoms with Gasteiger partial charge in [-0.05, 0) is 31.9 Å². The van der Waals surface area contributed by atoms with Gasteiger partial charge in [0.15, 0.2) is 0 Å². The first kappa shape index (κ1) is 9.04. The minimum absolute atomic E-state index is 0.153. The van der Waals surface area contributed by atoms with Crippen molar-refractivity contribution in [2.24, 2.45) is 0 Å². The van der Waals surface area contributed by atoms with E-state index in [4.69, 9.17) is 0 Å². The molecule has 0 aromatic rings. The Balaban J connectivity index is 2.90. The highest BCUT2D eigenvalue weighted by Crippen LogP contribution is 2.21. The van der Waals surface area contributed by atoms with E-state index in [1.165, 1.54) is 0 Å². The van der Waals surface area contributed by atoms with Crippen LogP contribution < -0.4 is 0 Å². The quantitative estimate of drug-likeness (QED) is 0.582. The summed E-state index contributed by atoms with van der Waals surface area (Å²) in [4.78, 5) is 13.2. The third-order valence-corrected chi connectivity index (χ3v) is 2.10. The first-order valence-corrected chi connectivity index (χ1v) is 4.20. The molecule has 1 aliphatic rings.